The maximum absolute atomic E-state index is 13.0. The Morgan fingerprint density at radius 2 is 2.00 bits per heavy atom. The molecule has 0 aliphatic heterocycles. The predicted molar refractivity (Wildman–Crippen MR) is 77.2 cm³/mol. The van der Waals surface area contributed by atoms with Crippen LogP contribution in [-0.4, -0.2) is 18.3 Å². The van der Waals surface area contributed by atoms with Crippen LogP contribution < -0.4 is 5.32 Å². The van der Waals surface area contributed by atoms with Crippen LogP contribution in [0.4, 0.5) is 4.39 Å². The molecule has 0 atom stereocenters. The first-order chi connectivity index (χ1) is 8.98. The SMILES string of the molecule is CCC(CC)(CCl)CNC(=O)c1ccc(F)cc1C. The van der Waals surface area contributed by atoms with Crippen molar-refractivity contribution in [3.63, 3.8) is 0 Å². The molecular formula is C15H21ClFNO. The molecule has 1 N–H and O–H groups in total. The van der Waals surface area contributed by atoms with Crippen molar-refractivity contribution >= 4 is 17.5 Å². The lowest BCUT2D eigenvalue weighted by molar-refractivity contribution is 0.0931. The van der Waals surface area contributed by atoms with E-state index in [1.165, 1.54) is 18.2 Å². The zero-order valence-corrected chi connectivity index (χ0v) is 12.5. The molecule has 1 rings (SSSR count). The Kier molecular flexibility index (Phi) is 5.80. The molecule has 1 amide bonds. The molecule has 0 saturated carbocycles. The second-order valence-electron chi connectivity index (χ2n) is 4.98. The van der Waals surface area contributed by atoms with Gasteiger partial charge in [-0.05, 0) is 43.5 Å². The topological polar surface area (TPSA) is 29.1 Å². The summed E-state index contributed by atoms with van der Waals surface area (Å²) in [5, 5.41) is 2.91. The number of alkyl halides is 1. The fourth-order valence-corrected chi connectivity index (χ4v) is 2.45. The molecule has 4 heteroatoms. The van der Waals surface area contributed by atoms with E-state index in [9.17, 15) is 9.18 Å². The van der Waals surface area contributed by atoms with Gasteiger partial charge < -0.3 is 5.32 Å². The summed E-state index contributed by atoms with van der Waals surface area (Å²) in [5.41, 5.74) is 1.09. The molecule has 0 aliphatic carbocycles. The van der Waals surface area contributed by atoms with Gasteiger partial charge in [0.1, 0.15) is 5.82 Å². The first-order valence-corrected chi connectivity index (χ1v) is 7.11. The van der Waals surface area contributed by atoms with Gasteiger partial charge in [0.05, 0.1) is 0 Å². The number of carbonyl (C=O) groups excluding carboxylic acids is 1. The van der Waals surface area contributed by atoms with Crippen LogP contribution in [0.25, 0.3) is 0 Å². The maximum atomic E-state index is 13.0. The van der Waals surface area contributed by atoms with E-state index in [2.05, 4.69) is 19.2 Å². The minimum atomic E-state index is -0.328. The third-order valence-corrected chi connectivity index (χ3v) is 4.41. The third kappa shape index (κ3) is 3.93. The highest BCUT2D eigenvalue weighted by Crippen LogP contribution is 2.27. The maximum Gasteiger partial charge on any atom is 0.251 e. The molecule has 0 bridgehead atoms. The monoisotopic (exact) mass is 285 g/mol. The largest absolute Gasteiger partial charge is 0.351 e. The van der Waals surface area contributed by atoms with E-state index >= 15 is 0 Å². The minimum absolute atomic E-state index is 0.0643. The molecule has 0 fully saturated rings. The molecule has 0 saturated heterocycles. The molecule has 1 aromatic rings. The fraction of sp³-hybridized carbons (Fsp3) is 0.533. The van der Waals surface area contributed by atoms with Gasteiger partial charge in [-0.2, -0.15) is 0 Å². The van der Waals surface area contributed by atoms with Crippen molar-refractivity contribution in [2.75, 3.05) is 12.4 Å². The van der Waals surface area contributed by atoms with E-state index in [-0.39, 0.29) is 17.1 Å². The van der Waals surface area contributed by atoms with Gasteiger partial charge in [-0.15, -0.1) is 11.6 Å². The van der Waals surface area contributed by atoms with E-state index in [1.54, 1.807) is 6.92 Å². The predicted octanol–water partition coefficient (Wildman–Crippen LogP) is 3.91. The second-order valence-corrected chi connectivity index (χ2v) is 5.25. The molecule has 0 aliphatic rings. The van der Waals surface area contributed by atoms with Crippen LogP contribution in [0.3, 0.4) is 0 Å². The summed E-state index contributed by atoms with van der Waals surface area (Å²) < 4.78 is 13.0. The van der Waals surface area contributed by atoms with Crippen molar-refractivity contribution in [3.05, 3.63) is 35.1 Å². The zero-order valence-electron chi connectivity index (χ0n) is 11.7. The molecule has 19 heavy (non-hydrogen) atoms. The van der Waals surface area contributed by atoms with Crippen LogP contribution in [0.2, 0.25) is 0 Å². The van der Waals surface area contributed by atoms with Crippen molar-refractivity contribution < 1.29 is 9.18 Å². The van der Waals surface area contributed by atoms with Crippen LogP contribution in [0.5, 0.6) is 0 Å². The Morgan fingerprint density at radius 1 is 1.37 bits per heavy atom. The number of aryl methyl sites for hydroxylation is 1. The fourth-order valence-electron chi connectivity index (χ4n) is 1.98. The number of rotatable bonds is 6. The van der Waals surface area contributed by atoms with Crippen molar-refractivity contribution in [2.45, 2.75) is 33.6 Å². The Hall–Kier alpha value is -1.09. The van der Waals surface area contributed by atoms with E-state index in [4.69, 9.17) is 11.6 Å². The minimum Gasteiger partial charge on any atom is -0.351 e. The van der Waals surface area contributed by atoms with Gasteiger partial charge in [0.15, 0.2) is 0 Å². The summed E-state index contributed by atoms with van der Waals surface area (Å²) in [5.74, 6) is 0.0167. The summed E-state index contributed by atoms with van der Waals surface area (Å²) in [4.78, 5) is 12.1. The molecule has 0 spiro atoms. The Morgan fingerprint density at radius 3 is 2.47 bits per heavy atom. The zero-order chi connectivity index (χ0) is 14.5. The van der Waals surface area contributed by atoms with Crippen molar-refractivity contribution in [1.82, 2.24) is 5.32 Å². The summed E-state index contributed by atoms with van der Waals surface area (Å²) in [7, 11) is 0. The smallest absolute Gasteiger partial charge is 0.251 e. The van der Waals surface area contributed by atoms with Gasteiger partial charge in [0, 0.05) is 23.4 Å². The quantitative estimate of drug-likeness (QED) is 0.789. The summed E-state index contributed by atoms with van der Waals surface area (Å²) in [6, 6.07) is 4.18. The second kappa shape index (κ2) is 6.90. The van der Waals surface area contributed by atoms with E-state index in [0.717, 1.165) is 12.8 Å². The average molecular weight is 286 g/mol. The van der Waals surface area contributed by atoms with E-state index < -0.39 is 0 Å². The van der Waals surface area contributed by atoms with Gasteiger partial charge in [0.25, 0.3) is 5.91 Å². The molecule has 106 valence electrons. The standard InChI is InChI=1S/C15H21ClFNO/c1-4-15(5-2,9-16)10-18-14(19)13-7-6-12(17)8-11(13)3/h6-8H,4-5,9-10H2,1-3H3,(H,18,19). The van der Waals surface area contributed by atoms with Crippen LogP contribution in [0, 0.1) is 18.2 Å². The summed E-state index contributed by atoms with van der Waals surface area (Å²) in [6.07, 6.45) is 1.82. The Labute approximate surface area is 119 Å². The van der Waals surface area contributed by atoms with Crippen molar-refractivity contribution in [3.8, 4) is 0 Å². The van der Waals surface area contributed by atoms with Crippen LogP contribution >= 0.6 is 11.6 Å². The Bertz CT molecular complexity index is 436. The number of hydrogen-bond acceptors (Lipinski definition) is 1. The van der Waals surface area contributed by atoms with E-state index in [0.29, 0.717) is 23.6 Å². The van der Waals surface area contributed by atoms with Crippen LogP contribution in [-0.2, 0) is 0 Å². The number of benzene rings is 1. The number of hydrogen-bond donors (Lipinski definition) is 1. The molecule has 2 nitrogen and oxygen atoms in total. The summed E-state index contributed by atoms with van der Waals surface area (Å²) >= 11 is 6.01. The molecule has 0 radical (unpaired) electrons. The van der Waals surface area contributed by atoms with Gasteiger partial charge in [-0.1, -0.05) is 13.8 Å². The highest BCUT2D eigenvalue weighted by atomic mass is 35.5. The highest BCUT2D eigenvalue weighted by Gasteiger charge is 2.26. The lowest BCUT2D eigenvalue weighted by Gasteiger charge is -2.29. The first-order valence-electron chi connectivity index (χ1n) is 6.58. The lowest BCUT2D eigenvalue weighted by Crippen LogP contribution is -2.38. The number of amides is 1. The van der Waals surface area contributed by atoms with Gasteiger partial charge in [-0.3, -0.25) is 4.79 Å². The first kappa shape index (κ1) is 16.0. The summed E-state index contributed by atoms with van der Waals surface area (Å²) in [6.45, 7) is 6.41. The molecule has 1 aromatic carbocycles. The number of carbonyl (C=O) groups is 1. The highest BCUT2D eigenvalue weighted by molar-refractivity contribution is 6.18. The van der Waals surface area contributed by atoms with Gasteiger partial charge >= 0.3 is 0 Å². The van der Waals surface area contributed by atoms with Gasteiger partial charge in [0.2, 0.25) is 0 Å². The third-order valence-electron chi connectivity index (χ3n) is 3.84. The van der Waals surface area contributed by atoms with E-state index in [1.807, 2.05) is 0 Å². The average Bonchev–Trinajstić information content (AvgIpc) is 2.40. The van der Waals surface area contributed by atoms with Crippen molar-refractivity contribution in [1.29, 1.82) is 0 Å². The molecule has 0 unspecified atom stereocenters. The van der Waals surface area contributed by atoms with Crippen LogP contribution in [0.1, 0.15) is 42.6 Å². The number of halogens is 2. The lowest BCUT2D eigenvalue weighted by atomic mass is 9.84. The van der Waals surface area contributed by atoms with Crippen molar-refractivity contribution in [2.24, 2.45) is 5.41 Å². The molecular weight excluding hydrogens is 265 g/mol. The number of nitrogens with one attached hydrogen (secondary N) is 1. The Balaban J connectivity index is 2.75. The van der Waals surface area contributed by atoms with Crippen LogP contribution in [0.15, 0.2) is 18.2 Å². The van der Waals surface area contributed by atoms with Gasteiger partial charge in [-0.25, -0.2) is 4.39 Å². The molecule has 0 heterocycles. The molecule has 0 aromatic heterocycles. The normalized spacial score (nSPS) is 11.4.